The molecule has 0 aromatic carbocycles. The van der Waals surface area contributed by atoms with E-state index in [1.807, 2.05) is 0 Å². The highest BCUT2D eigenvalue weighted by atomic mass is 16.7. The van der Waals surface area contributed by atoms with E-state index >= 15 is 0 Å². The third kappa shape index (κ3) is 4.78. The standard InChI is InChI=1S/C12H24O4/c1-4-10-5-11(15-8-13-2)7-12(6-10)16-9-14-3/h10-12H,4-9H2,1-3H3. The molecule has 1 aliphatic carbocycles. The van der Waals surface area contributed by atoms with Gasteiger partial charge in [-0.1, -0.05) is 13.3 Å². The monoisotopic (exact) mass is 232 g/mol. The van der Waals surface area contributed by atoms with Crippen molar-refractivity contribution in [1.29, 1.82) is 0 Å². The van der Waals surface area contributed by atoms with Crippen molar-refractivity contribution >= 4 is 0 Å². The average molecular weight is 232 g/mol. The molecule has 0 N–H and O–H groups in total. The topological polar surface area (TPSA) is 36.9 Å². The summed E-state index contributed by atoms with van der Waals surface area (Å²) >= 11 is 0. The number of ether oxygens (including phenoxy) is 4. The van der Waals surface area contributed by atoms with Crippen molar-refractivity contribution in [2.45, 2.75) is 44.8 Å². The van der Waals surface area contributed by atoms with Gasteiger partial charge in [0, 0.05) is 14.2 Å². The normalized spacial score (nSPS) is 30.6. The highest BCUT2D eigenvalue weighted by molar-refractivity contribution is 4.79. The predicted octanol–water partition coefficient (Wildman–Crippen LogP) is 2.17. The quantitative estimate of drug-likeness (QED) is 0.630. The number of methoxy groups -OCH3 is 2. The molecule has 0 aromatic heterocycles. The van der Waals surface area contributed by atoms with Gasteiger partial charge < -0.3 is 18.9 Å². The molecule has 0 bridgehead atoms. The molecule has 1 aliphatic rings. The van der Waals surface area contributed by atoms with Crippen molar-refractivity contribution in [2.75, 3.05) is 27.8 Å². The second-order valence-corrected chi connectivity index (χ2v) is 4.37. The van der Waals surface area contributed by atoms with Crippen molar-refractivity contribution in [3.05, 3.63) is 0 Å². The molecule has 0 aliphatic heterocycles. The summed E-state index contributed by atoms with van der Waals surface area (Å²) < 4.78 is 21.1. The first-order chi connectivity index (χ1) is 7.80. The minimum atomic E-state index is 0.264. The maximum absolute atomic E-state index is 5.63. The van der Waals surface area contributed by atoms with Crippen LogP contribution >= 0.6 is 0 Å². The van der Waals surface area contributed by atoms with Crippen LogP contribution in [0, 0.1) is 5.92 Å². The van der Waals surface area contributed by atoms with Crippen LogP contribution in [0.25, 0.3) is 0 Å². The highest BCUT2D eigenvalue weighted by Crippen LogP contribution is 2.30. The summed E-state index contributed by atoms with van der Waals surface area (Å²) in [4.78, 5) is 0. The Kier molecular flexibility index (Phi) is 6.96. The summed E-state index contributed by atoms with van der Waals surface area (Å²) in [7, 11) is 3.30. The average Bonchev–Trinajstić information content (AvgIpc) is 2.33. The summed E-state index contributed by atoms with van der Waals surface area (Å²) in [6.45, 7) is 2.97. The molecule has 1 rings (SSSR count). The van der Waals surface area contributed by atoms with E-state index in [9.17, 15) is 0 Å². The molecule has 4 heteroatoms. The molecule has 0 spiro atoms. The summed E-state index contributed by atoms with van der Waals surface area (Å²) in [5.41, 5.74) is 0. The van der Waals surface area contributed by atoms with E-state index in [2.05, 4.69) is 6.92 Å². The van der Waals surface area contributed by atoms with Gasteiger partial charge in [0.15, 0.2) is 0 Å². The zero-order valence-electron chi connectivity index (χ0n) is 10.6. The van der Waals surface area contributed by atoms with Crippen LogP contribution in [0.5, 0.6) is 0 Å². The van der Waals surface area contributed by atoms with E-state index < -0.39 is 0 Å². The molecule has 96 valence electrons. The maximum Gasteiger partial charge on any atom is 0.146 e. The van der Waals surface area contributed by atoms with Crippen LogP contribution in [0.2, 0.25) is 0 Å². The van der Waals surface area contributed by atoms with Gasteiger partial charge in [-0.3, -0.25) is 0 Å². The molecule has 0 heterocycles. The highest BCUT2D eigenvalue weighted by Gasteiger charge is 2.29. The lowest BCUT2D eigenvalue weighted by Crippen LogP contribution is -2.34. The van der Waals surface area contributed by atoms with Crippen molar-refractivity contribution in [2.24, 2.45) is 5.92 Å². The summed E-state index contributed by atoms with van der Waals surface area (Å²) in [5, 5.41) is 0. The third-order valence-electron chi connectivity index (χ3n) is 3.14. The predicted molar refractivity (Wildman–Crippen MR) is 61.1 cm³/mol. The molecule has 2 unspecified atom stereocenters. The molecule has 4 nitrogen and oxygen atoms in total. The molecular weight excluding hydrogens is 208 g/mol. The Morgan fingerprint density at radius 3 is 1.75 bits per heavy atom. The van der Waals surface area contributed by atoms with Crippen LogP contribution < -0.4 is 0 Å². The Bertz CT molecular complexity index is 158. The van der Waals surface area contributed by atoms with E-state index in [1.54, 1.807) is 14.2 Å². The van der Waals surface area contributed by atoms with Crippen LogP contribution in [-0.4, -0.2) is 40.0 Å². The van der Waals surface area contributed by atoms with Crippen LogP contribution in [-0.2, 0) is 18.9 Å². The molecule has 1 fully saturated rings. The Morgan fingerprint density at radius 1 is 0.875 bits per heavy atom. The third-order valence-corrected chi connectivity index (χ3v) is 3.14. The maximum atomic E-state index is 5.63. The van der Waals surface area contributed by atoms with E-state index in [0.29, 0.717) is 19.5 Å². The Labute approximate surface area is 98.2 Å². The SMILES string of the molecule is CCC1CC(OCOC)CC(OCOC)C1. The van der Waals surface area contributed by atoms with Crippen LogP contribution in [0.15, 0.2) is 0 Å². The van der Waals surface area contributed by atoms with E-state index in [1.165, 1.54) is 6.42 Å². The first-order valence-electron chi connectivity index (χ1n) is 6.01. The van der Waals surface area contributed by atoms with E-state index in [0.717, 1.165) is 19.3 Å². The fraction of sp³-hybridized carbons (Fsp3) is 1.00. The molecule has 2 atom stereocenters. The van der Waals surface area contributed by atoms with Gasteiger partial charge >= 0.3 is 0 Å². The lowest BCUT2D eigenvalue weighted by atomic mass is 9.83. The molecule has 1 saturated carbocycles. The van der Waals surface area contributed by atoms with Gasteiger partial charge in [0.2, 0.25) is 0 Å². The van der Waals surface area contributed by atoms with Crippen molar-refractivity contribution in [1.82, 2.24) is 0 Å². The Morgan fingerprint density at radius 2 is 1.38 bits per heavy atom. The van der Waals surface area contributed by atoms with Crippen molar-refractivity contribution < 1.29 is 18.9 Å². The number of rotatable bonds is 7. The van der Waals surface area contributed by atoms with Gasteiger partial charge in [0.05, 0.1) is 12.2 Å². The molecular formula is C12H24O4. The minimum Gasteiger partial charge on any atom is -0.359 e. The number of hydrogen-bond donors (Lipinski definition) is 0. The van der Waals surface area contributed by atoms with Crippen molar-refractivity contribution in [3.8, 4) is 0 Å². The van der Waals surface area contributed by atoms with Gasteiger partial charge in [-0.2, -0.15) is 0 Å². The molecule has 0 radical (unpaired) electrons. The first kappa shape index (κ1) is 13.9. The van der Waals surface area contributed by atoms with Gasteiger partial charge in [-0.25, -0.2) is 0 Å². The lowest BCUT2D eigenvalue weighted by Gasteiger charge is -2.34. The van der Waals surface area contributed by atoms with Crippen LogP contribution in [0.3, 0.4) is 0 Å². The zero-order chi connectivity index (χ0) is 11.8. The summed E-state index contributed by atoms with van der Waals surface area (Å²) in [6, 6.07) is 0. The largest absolute Gasteiger partial charge is 0.359 e. The Hall–Kier alpha value is -0.160. The van der Waals surface area contributed by atoms with Crippen LogP contribution in [0.1, 0.15) is 32.6 Å². The fourth-order valence-corrected chi connectivity index (χ4v) is 2.26. The minimum absolute atomic E-state index is 0.264. The van der Waals surface area contributed by atoms with Gasteiger partial charge in [0.1, 0.15) is 13.6 Å². The second kappa shape index (κ2) is 8.01. The smallest absolute Gasteiger partial charge is 0.146 e. The summed E-state index contributed by atoms with van der Waals surface area (Å²) in [6.07, 6.45) is 4.89. The fourth-order valence-electron chi connectivity index (χ4n) is 2.26. The second-order valence-electron chi connectivity index (χ2n) is 4.37. The van der Waals surface area contributed by atoms with Gasteiger partial charge in [0.25, 0.3) is 0 Å². The molecule has 16 heavy (non-hydrogen) atoms. The molecule has 0 aromatic rings. The van der Waals surface area contributed by atoms with Crippen molar-refractivity contribution in [3.63, 3.8) is 0 Å². The summed E-state index contributed by atoms with van der Waals surface area (Å²) in [5.74, 6) is 0.692. The molecule has 0 saturated heterocycles. The lowest BCUT2D eigenvalue weighted by molar-refractivity contribution is -0.138. The number of hydrogen-bond acceptors (Lipinski definition) is 4. The zero-order valence-corrected chi connectivity index (χ0v) is 10.6. The van der Waals surface area contributed by atoms with Gasteiger partial charge in [-0.15, -0.1) is 0 Å². The van der Waals surface area contributed by atoms with E-state index in [4.69, 9.17) is 18.9 Å². The first-order valence-corrected chi connectivity index (χ1v) is 6.01. The molecule has 0 amide bonds. The van der Waals surface area contributed by atoms with E-state index in [-0.39, 0.29) is 12.2 Å². The Balaban J connectivity index is 2.34. The van der Waals surface area contributed by atoms with Gasteiger partial charge in [-0.05, 0) is 25.2 Å². The van der Waals surface area contributed by atoms with Crippen LogP contribution in [0.4, 0.5) is 0 Å².